The predicted octanol–water partition coefficient (Wildman–Crippen LogP) is 2.09. The number of rotatable bonds is 5. The molecule has 0 bridgehead atoms. The molecular formula is C25H24N6O5S. The molecule has 1 saturated heterocycles. The lowest BCUT2D eigenvalue weighted by Gasteiger charge is -2.33. The van der Waals surface area contributed by atoms with Crippen molar-refractivity contribution in [2.24, 2.45) is 11.1 Å². The van der Waals surface area contributed by atoms with Crippen LogP contribution in [-0.4, -0.2) is 76.2 Å². The van der Waals surface area contributed by atoms with Gasteiger partial charge in [0.15, 0.2) is 15.5 Å². The second-order valence-corrected chi connectivity index (χ2v) is 11.2. The molecule has 2 aromatic heterocycles. The van der Waals surface area contributed by atoms with E-state index in [2.05, 4.69) is 20.2 Å². The van der Waals surface area contributed by atoms with Gasteiger partial charge in [0.1, 0.15) is 17.8 Å². The van der Waals surface area contributed by atoms with Crippen LogP contribution in [0.2, 0.25) is 0 Å². The third kappa shape index (κ3) is 4.37. The predicted molar refractivity (Wildman–Crippen MR) is 134 cm³/mol. The number of allylic oxidation sites excluding steroid dienone is 3. The number of amides is 1. The van der Waals surface area contributed by atoms with Crippen molar-refractivity contribution in [1.29, 1.82) is 0 Å². The fourth-order valence-corrected chi connectivity index (χ4v) is 5.38. The average Bonchev–Trinajstić information content (AvgIpc) is 3.54. The number of carbonyl (C=O) groups excluding carboxylic acids is 1. The molecule has 3 aromatic rings. The number of aromatic nitrogens is 4. The Kier molecular flexibility index (Phi) is 5.75. The second kappa shape index (κ2) is 9.11. The monoisotopic (exact) mass is 520 g/mol. The summed E-state index contributed by atoms with van der Waals surface area (Å²) >= 11 is 0. The van der Waals surface area contributed by atoms with Crippen molar-refractivity contribution < 1.29 is 22.8 Å². The van der Waals surface area contributed by atoms with Crippen molar-refractivity contribution in [3.8, 4) is 11.6 Å². The van der Waals surface area contributed by atoms with Crippen molar-refractivity contribution in [3.63, 3.8) is 0 Å². The summed E-state index contributed by atoms with van der Waals surface area (Å²) in [7, 11) is -3.29. The maximum Gasteiger partial charge on any atom is 0.267 e. The molecule has 0 spiro atoms. The summed E-state index contributed by atoms with van der Waals surface area (Å²) in [4.78, 5) is 29.2. The molecule has 190 valence electrons. The molecule has 0 radical (unpaired) electrons. The van der Waals surface area contributed by atoms with Crippen molar-refractivity contribution >= 4 is 32.5 Å². The topological polar surface area (TPSA) is 129 Å². The van der Waals surface area contributed by atoms with Gasteiger partial charge < -0.3 is 14.5 Å². The molecule has 4 heterocycles. The highest BCUT2D eigenvalue weighted by Crippen LogP contribution is 2.29. The molecule has 1 aliphatic carbocycles. The lowest BCUT2D eigenvalue weighted by Crippen LogP contribution is -2.48. The third-order valence-electron chi connectivity index (χ3n) is 6.75. The van der Waals surface area contributed by atoms with Gasteiger partial charge in [-0.05, 0) is 30.3 Å². The largest absolute Gasteiger partial charge is 0.474 e. The first-order valence-electron chi connectivity index (χ1n) is 11.9. The summed E-state index contributed by atoms with van der Waals surface area (Å²) in [6.07, 6.45) is 12.4. The maximum atomic E-state index is 13.1. The van der Waals surface area contributed by atoms with Crippen LogP contribution in [0, 0.1) is 5.92 Å². The van der Waals surface area contributed by atoms with Gasteiger partial charge in [0.25, 0.3) is 5.91 Å². The second-order valence-electron chi connectivity index (χ2n) is 9.19. The third-order valence-corrected chi connectivity index (χ3v) is 7.88. The van der Waals surface area contributed by atoms with Crippen molar-refractivity contribution in [2.75, 3.05) is 19.3 Å². The van der Waals surface area contributed by atoms with E-state index in [4.69, 9.17) is 9.57 Å². The number of piperidine rings is 1. The fraction of sp³-hybridized carbons (Fsp3) is 0.320. The quantitative estimate of drug-likeness (QED) is 0.500. The van der Waals surface area contributed by atoms with Crippen LogP contribution < -0.4 is 4.74 Å². The number of carbonyl (C=O) groups is 1. The number of hydrogen-bond donors (Lipinski definition) is 0. The Hall–Kier alpha value is -4.06. The summed E-state index contributed by atoms with van der Waals surface area (Å²) < 4.78 is 31.4. The molecule has 0 saturated carbocycles. The Morgan fingerprint density at radius 3 is 2.65 bits per heavy atom. The van der Waals surface area contributed by atoms with Gasteiger partial charge in [0.05, 0.1) is 28.4 Å². The van der Waals surface area contributed by atoms with Crippen molar-refractivity contribution in [1.82, 2.24) is 24.6 Å². The van der Waals surface area contributed by atoms with Crippen molar-refractivity contribution in [3.05, 3.63) is 61.1 Å². The molecule has 2 atom stereocenters. The summed E-state index contributed by atoms with van der Waals surface area (Å²) in [5.74, 6) is 0.222. The summed E-state index contributed by atoms with van der Waals surface area (Å²) in [6.45, 7) is 1.09. The van der Waals surface area contributed by atoms with Gasteiger partial charge in [-0.2, -0.15) is 5.10 Å². The first kappa shape index (κ1) is 23.3. The molecule has 6 rings (SSSR count). The van der Waals surface area contributed by atoms with Gasteiger partial charge in [0.2, 0.25) is 12.0 Å². The number of sulfone groups is 1. The fourth-order valence-electron chi connectivity index (χ4n) is 4.75. The molecular weight excluding hydrogens is 496 g/mol. The molecule has 2 aliphatic heterocycles. The number of likely N-dealkylation sites (tertiary alicyclic amines) is 1. The zero-order valence-electron chi connectivity index (χ0n) is 20.0. The van der Waals surface area contributed by atoms with E-state index in [-0.39, 0.29) is 22.8 Å². The lowest BCUT2D eigenvalue weighted by molar-refractivity contribution is -0.145. The SMILES string of the molecule is CS(=O)(=O)c1ccc(-n2ncc3c(OC4CCN(C(=O)C5ON=C6C=CC=CC65)CC4)ncnc32)cc1. The molecule has 0 N–H and O–H groups in total. The van der Waals surface area contributed by atoms with E-state index >= 15 is 0 Å². The smallest absolute Gasteiger partial charge is 0.267 e. The van der Waals surface area contributed by atoms with Crippen LogP contribution in [0.5, 0.6) is 5.88 Å². The first-order chi connectivity index (χ1) is 17.9. The Labute approximate surface area is 213 Å². The molecule has 1 amide bonds. The molecule has 2 unspecified atom stereocenters. The molecule has 1 fully saturated rings. The average molecular weight is 521 g/mol. The van der Waals surface area contributed by atoms with Crippen LogP contribution in [0.15, 0.2) is 71.1 Å². The molecule has 37 heavy (non-hydrogen) atoms. The van der Waals surface area contributed by atoms with Crippen LogP contribution in [0.4, 0.5) is 0 Å². The first-order valence-corrected chi connectivity index (χ1v) is 13.8. The van der Waals surface area contributed by atoms with Gasteiger partial charge in [-0.1, -0.05) is 23.4 Å². The van der Waals surface area contributed by atoms with Gasteiger partial charge in [-0.3, -0.25) is 4.79 Å². The van der Waals surface area contributed by atoms with Gasteiger partial charge in [0, 0.05) is 32.2 Å². The minimum Gasteiger partial charge on any atom is -0.474 e. The Morgan fingerprint density at radius 1 is 1.11 bits per heavy atom. The Morgan fingerprint density at radius 2 is 1.89 bits per heavy atom. The number of ether oxygens (including phenoxy) is 1. The van der Waals surface area contributed by atoms with E-state index < -0.39 is 15.9 Å². The highest BCUT2D eigenvalue weighted by Gasteiger charge is 2.40. The molecule has 11 nitrogen and oxygen atoms in total. The van der Waals surface area contributed by atoms with Gasteiger partial charge in [-0.25, -0.2) is 23.1 Å². The van der Waals surface area contributed by atoms with Crippen molar-refractivity contribution in [2.45, 2.75) is 29.9 Å². The summed E-state index contributed by atoms with van der Waals surface area (Å²) in [6, 6.07) is 6.44. The standard InChI is InChI=1S/C25H24N6O5S/c1-37(33,34)18-8-6-16(7-9-18)31-23-20(14-28-31)24(27-15-26-23)35-17-10-12-30(13-11-17)25(32)22-19-4-2-3-5-21(19)29-36-22/h2-9,14-15,17,19,22H,10-13H2,1H3. The van der Waals surface area contributed by atoms with E-state index in [0.717, 1.165) is 5.71 Å². The van der Waals surface area contributed by atoms with Crippen LogP contribution in [-0.2, 0) is 19.5 Å². The van der Waals surface area contributed by atoms with Gasteiger partial charge in [-0.15, -0.1) is 0 Å². The zero-order valence-corrected chi connectivity index (χ0v) is 20.8. The van der Waals surface area contributed by atoms with E-state index in [9.17, 15) is 13.2 Å². The number of oxime groups is 1. The molecule has 3 aliphatic rings. The number of fused-ring (bicyclic) bond motifs is 2. The van der Waals surface area contributed by atoms with Gasteiger partial charge >= 0.3 is 0 Å². The lowest BCUT2D eigenvalue weighted by atomic mass is 9.92. The minimum absolute atomic E-state index is 0.0604. The number of hydrogen-bond acceptors (Lipinski definition) is 9. The van der Waals surface area contributed by atoms with E-state index in [0.29, 0.717) is 48.5 Å². The van der Waals surface area contributed by atoms with Crippen LogP contribution in [0.3, 0.4) is 0 Å². The van der Waals surface area contributed by atoms with Crippen LogP contribution in [0.1, 0.15) is 12.8 Å². The molecule has 12 heteroatoms. The Bertz CT molecular complexity index is 1550. The normalized spacial score (nSPS) is 21.5. The summed E-state index contributed by atoms with van der Waals surface area (Å²) in [5.41, 5.74) is 2.00. The van der Waals surface area contributed by atoms with E-state index in [1.165, 1.54) is 24.7 Å². The highest BCUT2D eigenvalue weighted by molar-refractivity contribution is 7.90. The minimum atomic E-state index is -3.29. The van der Waals surface area contributed by atoms with Crippen LogP contribution >= 0.6 is 0 Å². The number of benzene rings is 1. The zero-order chi connectivity index (χ0) is 25.6. The highest BCUT2D eigenvalue weighted by atomic mass is 32.2. The molecule has 1 aromatic carbocycles. The Balaban J connectivity index is 1.13. The number of nitrogens with zero attached hydrogens (tertiary/aromatic N) is 6. The van der Waals surface area contributed by atoms with E-state index in [1.807, 2.05) is 29.2 Å². The summed E-state index contributed by atoms with van der Waals surface area (Å²) in [5, 5.41) is 9.12. The maximum absolute atomic E-state index is 13.1. The van der Waals surface area contributed by atoms with Crippen LogP contribution in [0.25, 0.3) is 16.7 Å². The van der Waals surface area contributed by atoms with E-state index in [1.54, 1.807) is 23.0 Å².